The fourth-order valence-corrected chi connectivity index (χ4v) is 7.08. The number of benzene rings is 2. The van der Waals surface area contributed by atoms with Gasteiger partial charge < -0.3 is 30.0 Å². The van der Waals surface area contributed by atoms with Crippen LogP contribution in [0.1, 0.15) is 41.6 Å². The van der Waals surface area contributed by atoms with Crippen LogP contribution >= 0.6 is 0 Å². The summed E-state index contributed by atoms with van der Waals surface area (Å²) in [6, 6.07) is 14.7. The van der Waals surface area contributed by atoms with Crippen LogP contribution in [0.25, 0.3) is 11.1 Å². The fraction of sp³-hybridized carbons (Fsp3) is 0.441. The minimum Gasteiger partial charge on any atom is -0.493 e. The van der Waals surface area contributed by atoms with E-state index in [0.29, 0.717) is 56.0 Å². The minimum atomic E-state index is -3.34. The number of amides is 2. The van der Waals surface area contributed by atoms with Gasteiger partial charge in [0, 0.05) is 50.6 Å². The third-order valence-electron chi connectivity index (χ3n) is 9.03. The zero-order chi connectivity index (χ0) is 33.1. The van der Waals surface area contributed by atoms with Gasteiger partial charge in [-0.3, -0.25) is 14.5 Å². The number of pyridine rings is 1. The monoisotopic (exact) mass is 664 g/mol. The summed E-state index contributed by atoms with van der Waals surface area (Å²) in [5.41, 5.74) is 2.79. The first-order valence-electron chi connectivity index (χ1n) is 15.8. The molecule has 4 bridgehead atoms. The van der Waals surface area contributed by atoms with Gasteiger partial charge in [-0.25, -0.2) is 13.4 Å². The zero-order valence-corrected chi connectivity index (χ0v) is 27.2. The summed E-state index contributed by atoms with van der Waals surface area (Å²) < 4.78 is 41.5. The number of fused-ring (bicyclic) bond motifs is 5. The molecule has 6 rings (SSSR count). The third kappa shape index (κ3) is 7.75. The number of nitrogens with one attached hydrogen (secondary N) is 2. The van der Waals surface area contributed by atoms with E-state index in [0.717, 1.165) is 22.9 Å². The quantitative estimate of drug-likeness (QED) is 0.370. The number of hydrogen-bond donors (Lipinski definition) is 3. The van der Waals surface area contributed by atoms with E-state index in [1.54, 1.807) is 61.8 Å². The maximum Gasteiger partial charge on any atom is 0.255 e. The normalized spacial score (nSPS) is 25.6. The summed E-state index contributed by atoms with van der Waals surface area (Å²) in [6.07, 6.45) is 3.55. The highest BCUT2D eigenvalue weighted by atomic mass is 32.2. The molecule has 3 aliphatic rings. The van der Waals surface area contributed by atoms with E-state index in [1.807, 2.05) is 11.0 Å². The molecule has 12 nitrogen and oxygen atoms in total. The maximum absolute atomic E-state index is 13.8. The average Bonchev–Trinajstić information content (AvgIpc) is 3.46. The standard InChI is InChI=1S/C34H40N4O8S/c1-44-32-12-3-21(17-35-32)19-38-20-24-16-28(38)34(41)36-18-31-29(39)11-7-25(46-31)13-14-45-30-15-23(6-10-27(30)33(40)37-24)22-4-8-26(9-5-22)47(2,42)43/h3-6,8-10,12,15,17,24-25,28-29,31,39H,7,11,13-14,16,18-20H2,1-2H3,(H,36,41)(H,37,40)/t24-,25-,28-,29-,31+/m0/s1. The lowest BCUT2D eigenvalue weighted by Gasteiger charge is -2.34. The van der Waals surface area contributed by atoms with Gasteiger partial charge in [-0.2, -0.15) is 0 Å². The molecule has 1 aromatic heterocycles. The van der Waals surface area contributed by atoms with Crippen LogP contribution < -0.4 is 20.1 Å². The molecule has 250 valence electrons. The van der Waals surface area contributed by atoms with Crippen LogP contribution in [0.3, 0.4) is 0 Å². The highest BCUT2D eigenvalue weighted by molar-refractivity contribution is 7.90. The summed E-state index contributed by atoms with van der Waals surface area (Å²) in [6.45, 7) is 1.31. The van der Waals surface area contributed by atoms with Crippen molar-refractivity contribution in [1.82, 2.24) is 20.5 Å². The number of aliphatic hydroxyl groups is 1. The van der Waals surface area contributed by atoms with Gasteiger partial charge in [-0.15, -0.1) is 0 Å². The molecule has 13 heteroatoms. The number of rotatable bonds is 5. The van der Waals surface area contributed by atoms with Crippen molar-refractivity contribution in [3.63, 3.8) is 0 Å². The molecule has 3 aromatic rings. The summed E-state index contributed by atoms with van der Waals surface area (Å²) in [7, 11) is -1.79. The van der Waals surface area contributed by atoms with E-state index < -0.39 is 28.1 Å². The lowest BCUT2D eigenvalue weighted by molar-refractivity contribution is -0.133. The van der Waals surface area contributed by atoms with Crippen LogP contribution in [0.5, 0.6) is 11.6 Å². The van der Waals surface area contributed by atoms with Crippen LogP contribution in [0.2, 0.25) is 0 Å². The van der Waals surface area contributed by atoms with Gasteiger partial charge in [0.25, 0.3) is 5.91 Å². The number of aromatic nitrogens is 1. The van der Waals surface area contributed by atoms with E-state index in [9.17, 15) is 23.1 Å². The Morgan fingerprint density at radius 1 is 1.04 bits per heavy atom. The van der Waals surface area contributed by atoms with E-state index in [2.05, 4.69) is 15.6 Å². The lowest BCUT2D eigenvalue weighted by atomic mass is 9.99. The number of hydrogen-bond acceptors (Lipinski definition) is 10. The average molecular weight is 665 g/mol. The van der Waals surface area contributed by atoms with Gasteiger partial charge in [-0.1, -0.05) is 24.3 Å². The molecule has 2 amide bonds. The Balaban J connectivity index is 1.28. The molecular formula is C34H40N4O8S. The predicted octanol–water partition coefficient (Wildman–Crippen LogP) is 2.34. The Labute approximate surface area is 274 Å². The van der Waals surface area contributed by atoms with Crippen LogP contribution in [0.4, 0.5) is 0 Å². The number of carbonyl (C=O) groups is 2. The Hall–Kier alpha value is -4.04. The van der Waals surface area contributed by atoms with Gasteiger partial charge in [0.1, 0.15) is 11.9 Å². The highest BCUT2D eigenvalue weighted by Gasteiger charge is 2.39. The zero-order valence-electron chi connectivity index (χ0n) is 26.4. The van der Waals surface area contributed by atoms with E-state index in [1.165, 1.54) is 0 Å². The summed E-state index contributed by atoms with van der Waals surface area (Å²) in [4.78, 5) is 33.9. The van der Waals surface area contributed by atoms with Crippen molar-refractivity contribution >= 4 is 21.7 Å². The van der Waals surface area contributed by atoms with Gasteiger partial charge in [0.05, 0.1) is 42.4 Å². The lowest BCUT2D eigenvalue weighted by Crippen LogP contribution is -2.50. The van der Waals surface area contributed by atoms with Crippen molar-refractivity contribution in [2.24, 2.45) is 0 Å². The topological polar surface area (TPSA) is 156 Å². The fourth-order valence-electron chi connectivity index (χ4n) is 6.45. The number of sulfone groups is 1. The molecular weight excluding hydrogens is 624 g/mol. The molecule has 5 atom stereocenters. The first-order chi connectivity index (χ1) is 22.6. The molecule has 2 saturated heterocycles. The van der Waals surface area contributed by atoms with E-state index in [-0.39, 0.29) is 42.0 Å². The van der Waals surface area contributed by atoms with Gasteiger partial charge in [-0.05, 0) is 60.2 Å². The number of aliphatic hydroxyl groups excluding tert-OH is 1. The largest absolute Gasteiger partial charge is 0.493 e. The molecule has 3 aliphatic heterocycles. The van der Waals surface area contributed by atoms with Crippen molar-refractivity contribution in [3.8, 4) is 22.8 Å². The summed E-state index contributed by atoms with van der Waals surface area (Å²) >= 11 is 0. The molecule has 4 heterocycles. The number of nitrogens with zero attached hydrogens (tertiary/aromatic N) is 2. The molecule has 0 unspecified atom stereocenters. The number of methoxy groups -OCH3 is 1. The van der Waals surface area contributed by atoms with Crippen LogP contribution in [0.15, 0.2) is 65.7 Å². The Bertz CT molecular complexity index is 1700. The molecule has 0 aliphatic carbocycles. The molecule has 0 spiro atoms. The summed E-state index contributed by atoms with van der Waals surface area (Å²) in [5.74, 6) is 0.371. The Kier molecular flexibility index (Phi) is 9.78. The first-order valence-corrected chi connectivity index (χ1v) is 17.7. The highest BCUT2D eigenvalue weighted by Crippen LogP contribution is 2.31. The van der Waals surface area contributed by atoms with Crippen molar-refractivity contribution < 1.29 is 37.3 Å². The van der Waals surface area contributed by atoms with E-state index >= 15 is 0 Å². The summed E-state index contributed by atoms with van der Waals surface area (Å²) in [5, 5.41) is 16.8. The number of likely N-dealkylation sites (tertiary alicyclic amines) is 1. The molecule has 3 N–H and O–H groups in total. The van der Waals surface area contributed by atoms with Crippen molar-refractivity contribution in [2.75, 3.05) is 33.1 Å². The predicted molar refractivity (Wildman–Crippen MR) is 173 cm³/mol. The maximum atomic E-state index is 13.8. The van der Waals surface area contributed by atoms with Gasteiger partial charge >= 0.3 is 0 Å². The third-order valence-corrected chi connectivity index (χ3v) is 10.2. The minimum absolute atomic E-state index is 0.174. The first kappa shape index (κ1) is 32.9. The second-order valence-corrected chi connectivity index (χ2v) is 14.4. The second-order valence-electron chi connectivity index (χ2n) is 12.4. The molecule has 0 saturated carbocycles. The van der Waals surface area contributed by atoms with E-state index in [4.69, 9.17) is 14.2 Å². The Morgan fingerprint density at radius 3 is 2.55 bits per heavy atom. The molecule has 2 fully saturated rings. The SMILES string of the molecule is COc1ccc(CN2C[C@@H]3C[C@H]2C(=O)NC[C@H]2O[C@H](CCOc4cc(-c5ccc(S(C)(=O)=O)cc5)ccc4C(=O)N3)CC[C@@H]2O)cn1. The number of ether oxygens (including phenoxy) is 3. The Morgan fingerprint density at radius 2 is 1.83 bits per heavy atom. The molecule has 2 aromatic carbocycles. The van der Waals surface area contributed by atoms with Crippen LogP contribution in [0, 0.1) is 0 Å². The molecule has 0 radical (unpaired) electrons. The van der Waals surface area contributed by atoms with Gasteiger partial charge in [0.2, 0.25) is 11.8 Å². The van der Waals surface area contributed by atoms with Crippen molar-refractivity contribution in [3.05, 3.63) is 71.9 Å². The van der Waals surface area contributed by atoms with Crippen LogP contribution in [-0.2, 0) is 25.9 Å². The number of carbonyl (C=O) groups excluding carboxylic acids is 2. The van der Waals surface area contributed by atoms with Gasteiger partial charge in [0.15, 0.2) is 9.84 Å². The second kappa shape index (κ2) is 14.0. The van der Waals surface area contributed by atoms with Crippen molar-refractivity contribution in [2.45, 2.75) is 67.5 Å². The molecule has 47 heavy (non-hydrogen) atoms. The van der Waals surface area contributed by atoms with Crippen LogP contribution in [-0.4, -0.2) is 98.7 Å². The van der Waals surface area contributed by atoms with Crippen molar-refractivity contribution in [1.29, 1.82) is 0 Å². The smallest absolute Gasteiger partial charge is 0.255 e.